The molecule has 0 atom stereocenters. The van der Waals surface area contributed by atoms with Crippen molar-refractivity contribution in [2.24, 2.45) is 0 Å². The third-order valence-electron chi connectivity index (χ3n) is 9.19. The van der Waals surface area contributed by atoms with E-state index in [4.69, 9.17) is 0 Å². The number of anilines is 1. The Morgan fingerprint density at radius 3 is 1.85 bits per heavy atom. The van der Waals surface area contributed by atoms with E-state index in [1.807, 2.05) is 12.1 Å². The van der Waals surface area contributed by atoms with Crippen LogP contribution in [0, 0.1) is 0 Å². The highest BCUT2D eigenvalue weighted by atomic mass is 32.2. The highest BCUT2D eigenvalue weighted by molar-refractivity contribution is 7.91. The molecule has 0 bridgehead atoms. The SMILES string of the molecule is O=S1(=O)CCN(c2ccc(CN3CCN(S(=O)(=O)c4ccc(-c5ccc(-c6cccc7ccccc67)cc5)cc4)CC3)cc2)CC1. The average Bonchev–Trinajstić information content (AvgIpc) is 3.09. The predicted octanol–water partition coefficient (Wildman–Crippen LogP) is 5.92. The van der Waals surface area contributed by atoms with Crippen molar-refractivity contribution < 1.29 is 16.8 Å². The molecule has 2 heterocycles. The molecule has 0 radical (unpaired) electrons. The van der Waals surface area contributed by atoms with E-state index in [1.165, 1.54) is 16.3 Å². The lowest BCUT2D eigenvalue weighted by atomic mass is 9.96. The number of fused-ring (bicyclic) bond motifs is 1. The van der Waals surface area contributed by atoms with Gasteiger partial charge in [-0.25, -0.2) is 16.8 Å². The Morgan fingerprint density at radius 1 is 0.587 bits per heavy atom. The quantitative estimate of drug-likeness (QED) is 0.218. The van der Waals surface area contributed by atoms with Gasteiger partial charge in [0.1, 0.15) is 0 Å². The van der Waals surface area contributed by atoms with E-state index >= 15 is 0 Å². The second kappa shape index (κ2) is 12.6. The maximum Gasteiger partial charge on any atom is 0.243 e. The summed E-state index contributed by atoms with van der Waals surface area (Å²) in [6.45, 7) is 4.01. The first kappa shape index (κ1) is 30.6. The van der Waals surface area contributed by atoms with Crippen molar-refractivity contribution in [2.75, 3.05) is 55.7 Å². The number of sulfonamides is 1. The first-order chi connectivity index (χ1) is 22.2. The summed E-state index contributed by atoms with van der Waals surface area (Å²) in [7, 11) is -6.50. The van der Waals surface area contributed by atoms with Gasteiger partial charge in [0.2, 0.25) is 10.0 Å². The summed E-state index contributed by atoms with van der Waals surface area (Å²) >= 11 is 0. The normalized spacial score (nSPS) is 17.7. The minimum Gasteiger partial charge on any atom is -0.369 e. The van der Waals surface area contributed by atoms with Crippen LogP contribution >= 0.6 is 0 Å². The van der Waals surface area contributed by atoms with Gasteiger partial charge in [0.15, 0.2) is 9.84 Å². The van der Waals surface area contributed by atoms with Crippen LogP contribution in [0.4, 0.5) is 5.69 Å². The molecule has 0 aliphatic carbocycles. The Kier molecular flexibility index (Phi) is 8.42. The molecule has 46 heavy (non-hydrogen) atoms. The van der Waals surface area contributed by atoms with Gasteiger partial charge in [-0.3, -0.25) is 4.90 Å². The smallest absolute Gasteiger partial charge is 0.243 e. The zero-order valence-corrected chi connectivity index (χ0v) is 27.3. The first-order valence-electron chi connectivity index (χ1n) is 15.7. The monoisotopic (exact) mass is 651 g/mol. The number of nitrogens with zero attached hydrogens (tertiary/aromatic N) is 3. The lowest BCUT2D eigenvalue weighted by Crippen LogP contribution is -2.48. The number of rotatable bonds is 7. The maximum absolute atomic E-state index is 13.5. The standard InChI is InChI=1S/C37H37N3O4S2/c41-45(42)26-24-39(25-27-45)34-16-8-29(9-17-34)28-38-20-22-40(23-21-38)46(43,44)35-18-14-31(15-19-35)30-10-12-33(13-11-30)37-7-3-5-32-4-1-2-6-36(32)37/h1-19H,20-28H2. The third kappa shape index (κ3) is 6.46. The first-order valence-corrected chi connectivity index (χ1v) is 19.0. The molecule has 0 amide bonds. The molecule has 2 aliphatic heterocycles. The lowest BCUT2D eigenvalue weighted by Gasteiger charge is -2.34. The number of hydrogen-bond donors (Lipinski definition) is 0. The van der Waals surface area contributed by atoms with E-state index in [-0.39, 0.29) is 11.5 Å². The molecular weight excluding hydrogens is 615 g/mol. The summed E-state index contributed by atoms with van der Waals surface area (Å²) < 4.78 is 52.1. The van der Waals surface area contributed by atoms with Crippen LogP contribution in [0.3, 0.4) is 0 Å². The van der Waals surface area contributed by atoms with E-state index in [9.17, 15) is 16.8 Å². The second-order valence-electron chi connectivity index (χ2n) is 12.1. The highest BCUT2D eigenvalue weighted by Crippen LogP contribution is 2.31. The third-order valence-corrected chi connectivity index (χ3v) is 12.7. The van der Waals surface area contributed by atoms with Gasteiger partial charge in [-0.1, -0.05) is 91.0 Å². The largest absolute Gasteiger partial charge is 0.369 e. The van der Waals surface area contributed by atoms with Crippen LogP contribution in [0.1, 0.15) is 5.56 Å². The summed E-state index contributed by atoms with van der Waals surface area (Å²) in [4.78, 5) is 4.71. The van der Waals surface area contributed by atoms with Crippen molar-refractivity contribution in [3.8, 4) is 22.3 Å². The summed E-state index contributed by atoms with van der Waals surface area (Å²) in [6, 6.07) is 38.7. The van der Waals surface area contributed by atoms with Gasteiger partial charge in [-0.05, 0) is 62.9 Å². The molecule has 2 aliphatic rings. The predicted molar refractivity (Wildman–Crippen MR) is 186 cm³/mol. The van der Waals surface area contributed by atoms with Gasteiger partial charge in [0.05, 0.1) is 16.4 Å². The van der Waals surface area contributed by atoms with E-state index < -0.39 is 19.9 Å². The molecule has 2 fully saturated rings. The number of benzene rings is 5. The van der Waals surface area contributed by atoms with Gasteiger partial charge in [-0.2, -0.15) is 4.31 Å². The lowest BCUT2D eigenvalue weighted by molar-refractivity contribution is 0.181. The molecule has 9 heteroatoms. The summed E-state index contributed by atoms with van der Waals surface area (Å²) in [5.74, 6) is 0.403. The van der Waals surface area contributed by atoms with Crippen LogP contribution < -0.4 is 4.90 Å². The summed E-state index contributed by atoms with van der Waals surface area (Å²) in [5, 5.41) is 2.43. The topological polar surface area (TPSA) is 78.0 Å². The molecule has 0 aromatic heterocycles. The van der Waals surface area contributed by atoms with Gasteiger partial charge >= 0.3 is 0 Å². The van der Waals surface area contributed by atoms with Crippen molar-refractivity contribution in [3.05, 3.63) is 121 Å². The second-order valence-corrected chi connectivity index (χ2v) is 16.4. The van der Waals surface area contributed by atoms with Crippen molar-refractivity contribution >= 4 is 36.3 Å². The molecule has 0 spiro atoms. The van der Waals surface area contributed by atoms with Crippen LogP contribution in [-0.2, 0) is 26.4 Å². The van der Waals surface area contributed by atoms with E-state index in [0.29, 0.717) is 44.2 Å². The molecule has 5 aromatic carbocycles. The molecule has 0 N–H and O–H groups in total. The van der Waals surface area contributed by atoms with Crippen LogP contribution in [0.15, 0.2) is 120 Å². The van der Waals surface area contributed by atoms with Gasteiger partial charge in [0.25, 0.3) is 0 Å². The van der Waals surface area contributed by atoms with Crippen molar-refractivity contribution in [1.82, 2.24) is 9.21 Å². The van der Waals surface area contributed by atoms with Crippen LogP contribution in [0.5, 0.6) is 0 Å². The van der Waals surface area contributed by atoms with Gasteiger partial charge in [-0.15, -0.1) is 0 Å². The molecule has 236 valence electrons. The van der Waals surface area contributed by atoms with E-state index in [1.54, 1.807) is 16.4 Å². The Hall–Kier alpha value is -4.02. The fourth-order valence-corrected chi connectivity index (χ4v) is 9.08. The Morgan fingerprint density at radius 2 is 1.17 bits per heavy atom. The molecular formula is C37H37N3O4S2. The highest BCUT2D eigenvalue weighted by Gasteiger charge is 2.28. The van der Waals surface area contributed by atoms with Crippen LogP contribution in [0.25, 0.3) is 33.0 Å². The molecule has 7 rings (SSSR count). The van der Waals surface area contributed by atoms with E-state index in [0.717, 1.165) is 34.5 Å². The molecule has 0 unspecified atom stereocenters. The van der Waals surface area contributed by atoms with Crippen molar-refractivity contribution in [2.45, 2.75) is 11.4 Å². The van der Waals surface area contributed by atoms with Gasteiger partial charge in [0, 0.05) is 51.5 Å². The molecule has 2 saturated heterocycles. The van der Waals surface area contributed by atoms with Crippen LogP contribution in [-0.4, -0.2) is 76.8 Å². The fourth-order valence-electron chi connectivity index (χ4n) is 6.46. The minimum absolute atomic E-state index is 0.201. The van der Waals surface area contributed by atoms with Gasteiger partial charge < -0.3 is 4.90 Å². The minimum atomic E-state index is -3.59. The molecule has 5 aromatic rings. The Balaban J connectivity index is 0.955. The molecule has 0 saturated carbocycles. The summed E-state index contributed by atoms with van der Waals surface area (Å²) in [5.41, 5.74) is 6.55. The zero-order chi connectivity index (χ0) is 31.7. The Labute approximate surface area is 271 Å². The average molecular weight is 652 g/mol. The number of piperazine rings is 1. The Bertz CT molecular complexity index is 2040. The number of sulfone groups is 1. The summed E-state index contributed by atoms with van der Waals surface area (Å²) in [6.07, 6.45) is 0. The van der Waals surface area contributed by atoms with Crippen molar-refractivity contribution in [3.63, 3.8) is 0 Å². The van der Waals surface area contributed by atoms with Crippen LogP contribution in [0.2, 0.25) is 0 Å². The fraction of sp³-hybridized carbons (Fsp3) is 0.243. The maximum atomic E-state index is 13.5. The van der Waals surface area contributed by atoms with Crippen molar-refractivity contribution in [1.29, 1.82) is 0 Å². The zero-order valence-electron chi connectivity index (χ0n) is 25.6. The molecule has 7 nitrogen and oxygen atoms in total. The van der Waals surface area contributed by atoms with E-state index in [2.05, 4.69) is 101 Å². The number of hydrogen-bond acceptors (Lipinski definition) is 6.